The highest BCUT2D eigenvalue weighted by Crippen LogP contribution is 2.43. The van der Waals surface area contributed by atoms with Crippen molar-refractivity contribution >= 4 is 16.2 Å². The first-order valence-corrected chi connectivity index (χ1v) is 14.3. The van der Waals surface area contributed by atoms with Gasteiger partial charge in [0.2, 0.25) is 0 Å². The molecule has 10 heteroatoms. The predicted octanol–water partition coefficient (Wildman–Crippen LogP) is 6.61. The number of halogens is 3. The van der Waals surface area contributed by atoms with E-state index in [0.29, 0.717) is 43.8 Å². The van der Waals surface area contributed by atoms with Crippen LogP contribution in [0.1, 0.15) is 79.7 Å². The van der Waals surface area contributed by atoms with Gasteiger partial charge in [0.1, 0.15) is 11.4 Å². The molecule has 4 rings (SSSR count). The molecule has 6 nitrogen and oxygen atoms in total. The quantitative estimate of drug-likeness (QED) is 0.308. The number of hydrogen-bond acceptors (Lipinski definition) is 5. The molecule has 0 saturated carbocycles. The molecule has 1 aliphatic heterocycles. The first-order chi connectivity index (χ1) is 17.6. The van der Waals surface area contributed by atoms with E-state index < -0.39 is 21.2 Å². The van der Waals surface area contributed by atoms with Crippen molar-refractivity contribution < 1.29 is 35.3 Å². The maximum Gasteiger partial charge on any atom is 0.534 e. The van der Waals surface area contributed by atoms with Crippen LogP contribution in [0.15, 0.2) is 36.4 Å². The highest BCUT2D eigenvalue weighted by Gasteiger charge is 2.49. The number of nitrogens with zero attached hydrogens (tertiary/aromatic N) is 1. The number of rotatable bonds is 5. The van der Waals surface area contributed by atoms with E-state index in [1.165, 1.54) is 17.7 Å². The van der Waals surface area contributed by atoms with Crippen LogP contribution in [0.2, 0.25) is 0 Å². The van der Waals surface area contributed by atoms with Gasteiger partial charge >= 0.3 is 21.7 Å². The lowest BCUT2D eigenvalue weighted by Crippen LogP contribution is -2.41. The number of fused-ring (bicyclic) bond motifs is 1. The van der Waals surface area contributed by atoms with Crippen LogP contribution in [0.25, 0.3) is 0 Å². The van der Waals surface area contributed by atoms with Crippen LogP contribution in [0.5, 0.6) is 5.75 Å². The molecule has 1 atom stereocenters. The predicted molar refractivity (Wildman–Crippen MR) is 138 cm³/mol. The molecule has 38 heavy (non-hydrogen) atoms. The minimum Gasteiger partial charge on any atom is -0.444 e. The van der Waals surface area contributed by atoms with Gasteiger partial charge in [0, 0.05) is 18.7 Å². The molecule has 2 aromatic rings. The third-order valence-corrected chi connectivity index (χ3v) is 8.23. The summed E-state index contributed by atoms with van der Waals surface area (Å²) in [6.45, 7) is 8.83. The van der Waals surface area contributed by atoms with Crippen LogP contribution in [0, 0.1) is 6.92 Å². The average molecular weight is 554 g/mol. The number of benzene rings is 2. The summed E-state index contributed by atoms with van der Waals surface area (Å²) in [5.74, 6) is -0.0687. The molecule has 2 aliphatic rings. The van der Waals surface area contributed by atoms with Gasteiger partial charge in [0.05, 0.1) is 0 Å². The summed E-state index contributed by atoms with van der Waals surface area (Å²) in [6.07, 6.45) is 3.31. The third-order valence-electron chi connectivity index (χ3n) is 7.26. The first kappa shape index (κ1) is 28.3. The highest BCUT2D eigenvalue weighted by atomic mass is 32.2. The number of alkyl halides is 3. The normalized spacial score (nSPS) is 18.8. The molecule has 1 saturated heterocycles. The van der Waals surface area contributed by atoms with E-state index in [9.17, 15) is 26.4 Å². The second-order valence-electron chi connectivity index (χ2n) is 11.2. The summed E-state index contributed by atoms with van der Waals surface area (Å²) in [4.78, 5) is 14.1. The Kier molecular flexibility index (Phi) is 7.76. The van der Waals surface area contributed by atoms with Crippen molar-refractivity contribution in [2.75, 3.05) is 13.1 Å². The molecule has 0 bridgehead atoms. The Bertz CT molecular complexity index is 1290. The largest absolute Gasteiger partial charge is 0.534 e. The van der Waals surface area contributed by atoms with Crippen molar-refractivity contribution in [2.45, 2.75) is 82.7 Å². The Morgan fingerprint density at radius 3 is 2.34 bits per heavy atom. The molecular formula is C28H34F3NO5S. The standard InChI is InChI=1S/C28H34F3NO5S/c1-18-16-22(19-12-14-32(15-13-19)26(33)36-27(2,3)4)10-9-21(18)17-23-11-8-20-6-5-7-24(25(20)23)37-38(34,35)28(29,30)31/h5-7,9-10,16,19,23H,8,11-15,17H2,1-4H3. The van der Waals surface area contributed by atoms with Gasteiger partial charge in [-0.2, -0.15) is 21.6 Å². The lowest BCUT2D eigenvalue weighted by atomic mass is 9.85. The fraction of sp³-hybridized carbons (Fsp3) is 0.536. The number of carbonyl (C=O) groups excluding carboxylic acids is 1. The van der Waals surface area contributed by atoms with Crippen molar-refractivity contribution in [1.29, 1.82) is 0 Å². The van der Waals surface area contributed by atoms with Gasteiger partial charge < -0.3 is 13.8 Å². The molecular weight excluding hydrogens is 519 g/mol. The first-order valence-electron chi connectivity index (χ1n) is 12.8. The van der Waals surface area contributed by atoms with Crippen LogP contribution < -0.4 is 4.18 Å². The van der Waals surface area contributed by atoms with Crippen molar-refractivity contribution in [1.82, 2.24) is 4.90 Å². The summed E-state index contributed by atoms with van der Waals surface area (Å²) in [5.41, 5.74) is -1.33. The molecule has 0 N–H and O–H groups in total. The van der Waals surface area contributed by atoms with E-state index in [0.717, 1.165) is 29.5 Å². The van der Waals surface area contributed by atoms with E-state index in [1.807, 2.05) is 33.8 Å². The molecule has 1 heterocycles. The van der Waals surface area contributed by atoms with E-state index in [-0.39, 0.29) is 17.8 Å². The van der Waals surface area contributed by atoms with Crippen LogP contribution >= 0.6 is 0 Å². The number of piperidine rings is 1. The van der Waals surface area contributed by atoms with E-state index >= 15 is 0 Å². The van der Waals surface area contributed by atoms with Gasteiger partial charge in [-0.25, -0.2) is 4.79 Å². The molecule has 1 amide bonds. The third kappa shape index (κ3) is 6.27. The Morgan fingerprint density at radius 1 is 1.05 bits per heavy atom. The molecule has 0 spiro atoms. The van der Waals surface area contributed by atoms with Gasteiger partial charge in [0.25, 0.3) is 0 Å². The zero-order chi connectivity index (χ0) is 27.9. The minimum absolute atomic E-state index is 0.147. The molecule has 1 fully saturated rings. The topological polar surface area (TPSA) is 72.9 Å². The van der Waals surface area contributed by atoms with Gasteiger partial charge in [0.15, 0.2) is 0 Å². The van der Waals surface area contributed by atoms with Crippen LogP contribution in [-0.4, -0.2) is 43.6 Å². The zero-order valence-corrected chi connectivity index (χ0v) is 22.9. The van der Waals surface area contributed by atoms with Crippen LogP contribution in [-0.2, 0) is 27.7 Å². The summed E-state index contributed by atoms with van der Waals surface area (Å²) < 4.78 is 72.2. The number of hydrogen-bond donors (Lipinski definition) is 0. The van der Waals surface area contributed by atoms with Crippen molar-refractivity contribution in [3.63, 3.8) is 0 Å². The van der Waals surface area contributed by atoms with E-state index in [1.54, 1.807) is 4.90 Å². The second-order valence-corrected chi connectivity index (χ2v) is 12.7. The minimum atomic E-state index is -5.75. The lowest BCUT2D eigenvalue weighted by molar-refractivity contribution is -0.0500. The van der Waals surface area contributed by atoms with Crippen molar-refractivity contribution in [2.24, 2.45) is 0 Å². The number of amides is 1. The fourth-order valence-electron chi connectivity index (χ4n) is 5.38. The Hall–Kier alpha value is -2.75. The number of ether oxygens (including phenoxy) is 1. The Labute approximate surface area is 222 Å². The lowest BCUT2D eigenvalue weighted by Gasteiger charge is -2.33. The van der Waals surface area contributed by atoms with Gasteiger partial charge in [-0.3, -0.25) is 0 Å². The molecule has 1 unspecified atom stereocenters. The molecule has 0 radical (unpaired) electrons. The summed E-state index contributed by atoms with van der Waals surface area (Å²) in [6, 6.07) is 10.9. The monoisotopic (exact) mass is 553 g/mol. The maximum absolute atomic E-state index is 12.9. The smallest absolute Gasteiger partial charge is 0.444 e. The highest BCUT2D eigenvalue weighted by molar-refractivity contribution is 7.88. The van der Waals surface area contributed by atoms with Crippen LogP contribution in [0.3, 0.4) is 0 Å². The zero-order valence-electron chi connectivity index (χ0n) is 22.1. The summed E-state index contributed by atoms with van der Waals surface area (Å²) >= 11 is 0. The maximum atomic E-state index is 12.9. The molecule has 0 aromatic heterocycles. The average Bonchev–Trinajstić information content (AvgIpc) is 3.22. The Morgan fingerprint density at radius 2 is 1.74 bits per heavy atom. The molecule has 1 aliphatic carbocycles. The van der Waals surface area contributed by atoms with Crippen molar-refractivity contribution in [3.8, 4) is 5.75 Å². The van der Waals surface area contributed by atoms with E-state index in [2.05, 4.69) is 22.4 Å². The van der Waals surface area contributed by atoms with Gasteiger partial charge in [-0.05, 0) is 100.0 Å². The fourth-order valence-corrected chi connectivity index (χ4v) is 5.85. The molecule has 2 aromatic carbocycles. The number of carbonyl (C=O) groups is 1. The van der Waals surface area contributed by atoms with Gasteiger partial charge in [-0.1, -0.05) is 30.3 Å². The Balaban J connectivity index is 1.45. The van der Waals surface area contributed by atoms with Crippen LogP contribution in [0.4, 0.5) is 18.0 Å². The van der Waals surface area contributed by atoms with Gasteiger partial charge in [-0.15, -0.1) is 0 Å². The van der Waals surface area contributed by atoms with E-state index in [4.69, 9.17) is 4.74 Å². The number of likely N-dealkylation sites (tertiary alicyclic amines) is 1. The molecule has 208 valence electrons. The van der Waals surface area contributed by atoms with Crippen molar-refractivity contribution in [3.05, 3.63) is 64.2 Å². The number of aryl methyl sites for hydroxylation is 2. The summed E-state index contributed by atoms with van der Waals surface area (Å²) in [7, 11) is -5.75. The SMILES string of the molecule is Cc1cc(C2CCN(C(=O)OC(C)(C)C)CC2)ccc1CC1CCc2cccc(OS(=O)(=O)C(F)(F)F)c21. The second kappa shape index (κ2) is 10.4. The summed E-state index contributed by atoms with van der Waals surface area (Å²) in [5, 5.41) is 0.